The number of unbranched alkanes of at least 4 members (excludes halogenated alkanes) is 5. The Balaban J connectivity index is 2.13. The van der Waals surface area contributed by atoms with Gasteiger partial charge in [0.2, 0.25) is 0 Å². The fraction of sp³-hybridized carbons (Fsp3) is 0.769. The highest BCUT2D eigenvalue weighted by atomic mass is 15.1. The third kappa shape index (κ3) is 4.79. The van der Waals surface area contributed by atoms with E-state index < -0.39 is 0 Å². The van der Waals surface area contributed by atoms with E-state index >= 15 is 0 Å². The van der Waals surface area contributed by atoms with Crippen LogP contribution in [0.2, 0.25) is 0 Å². The molecule has 0 saturated carbocycles. The number of hydrogen-bond donors (Lipinski definition) is 1. The van der Waals surface area contributed by atoms with Gasteiger partial charge in [-0.05, 0) is 13.5 Å². The molecule has 16 heavy (non-hydrogen) atoms. The molecule has 1 aromatic heterocycles. The Hall–Kier alpha value is -0.830. The Morgan fingerprint density at radius 1 is 1.19 bits per heavy atom. The Kier molecular flexibility index (Phi) is 6.90. The first-order valence-corrected chi connectivity index (χ1v) is 6.53. The predicted molar refractivity (Wildman–Crippen MR) is 68.4 cm³/mol. The smallest absolute Gasteiger partial charge is 0.122 e. The molecule has 1 rings (SSSR count). The van der Waals surface area contributed by atoms with Gasteiger partial charge in [0.25, 0.3) is 0 Å². The van der Waals surface area contributed by atoms with Crippen LogP contribution in [0, 0.1) is 0 Å². The molecule has 92 valence electrons. The van der Waals surface area contributed by atoms with Gasteiger partial charge >= 0.3 is 0 Å². The van der Waals surface area contributed by atoms with Crippen molar-refractivity contribution in [1.29, 1.82) is 0 Å². The van der Waals surface area contributed by atoms with Gasteiger partial charge in [-0.25, -0.2) is 4.98 Å². The molecule has 1 aromatic rings. The first-order chi connectivity index (χ1) is 7.88. The van der Waals surface area contributed by atoms with E-state index in [0.717, 1.165) is 18.9 Å². The summed E-state index contributed by atoms with van der Waals surface area (Å²) in [4.78, 5) is 4.33. The zero-order chi connectivity index (χ0) is 11.6. The molecule has 3 heteroatoms. The highest BCUT2D eigenvalue weighted by Gasteiger charge is 2.00. The average molecular weight is 223 g/mol. The molecule has 0 aliphatic rings. The van der Waals surface area contributed by atoms with E-state index in [1.54, 1.807) is 0 Å². The van der Waals surface area contributed by atoms with Gasteiger partial charge in [-0.2, -0.15) is 0 Å². The summed E-state index contributed by atoms with van der Waals surface area (Å²) in [5.41, 5.74) is 0. The summed E-state index contributed by atoms with van der Waals surface area (Å²) in [6.45, 7) is 4.24. The lowest BCUT2D eigenvalue weighted by atomic mass is 10.1. The van der Waals surface area contributed by atoms with Crippen LogP contribution in [0.1, 0.15) is 51.3 Å². The first kappa shape index (κ1) is 13.2. The number of aromatic nitrogens is 2. The second-order valence-electron chi connectivity index (χ2n) is 4.33. The third-order valence-electron chi connectivity index (χ3n) is 2.89. The van der Waals surface area contributed by atoms with Gasteiger partial charge in [0.1, 0.15) is 5.82 Å². The topological polar surface area (TPSA) is 29.9 Å². The van der Waals surface area contributed by atoms with Gasteiger partial charge in [-0.1, -0.05) is 39.0 Å². The minimum Gasteiger partial charge on any atom is -0.334 e. The highest BCUT2D eigenvalue weighted by molar-refractivity contribution is 4.91. The molecule has 0 spiro atoms. The summed E-state index contributed by atoms with van der Waals surface area (Å²) in [5.74, 6) is 1.15. The molecule has 0 fully saturated rings. The third-order valence-corrected chi connectivity index (χ3v) is 2.89. The number of aryl methyl sites for hydroxylation is 1. The Labute approximate surface area is 99.3 Å². The minimum atomic E-state index is 0.864. The number of imidazole rings is 1. The summed E-state index contributed by atoms with van der Waals surface area (Å²) in [6.07, 6.45) is 12.1. The molecule has 0 amide bonds. The van der Waals surface area contributed by atoms with Gasteiger partial charge in [0, 0.05) is 18.9 Å². The van der Waals surface area contributed by atoms with Gasteiger partial charge in [0.05, 0.1) is 6.54 Å². The lowest BCUT2D eigenvalue weighted by Crippen LogP contribution is -2.12. The number of rotatable bonds is 9. The fourth-order valence-corrected chi connectivity index (χ4v) is 1.93. The molecular weight excluding hydrogens is 198 g/mol. The van der Waals surface area contributed by atoms with E-state index in [2.05, 4.69) is 28.0 Å². The lowest BCUT2D eigenvalue weighted by molar-refractivity contribution is 0.540. The summed E-state index contributed by atoms with van der Waals surface area (Å²) in [6, 6.07) is 0. The summed E-state index contributed by atoms with van der Waals surface area (Å²) < 4.78 is 2.26. The van der Waals surface area contributed by atoms with Crippen LogP contribution in [0.4, 0.5) is 0 Å². The van der Waals surface area contributed by atoms with Crippen molar-refractivity contribution in [2.45, 2.75) is 58.5 Å². The van der Waals surface area contributed by atoms with Crippen molar-refractivity contribution in [2.75, 3.05) is 7.05 Å². The predicted octanol–water partition coefficient (Wildman–Crippen LogP) is 2.96. The number of nitrogens with one attached hydrogen (secondary N) is 1. The number of nitrogens with zero attached hydrogens (tertiary/aromatic N) is 2. The largest absolute Gasteiger partial charge is 0.334 e. The summed E-state index contributed by atoms with van der Waals surface area (Å²) in [7, 11) is 1.96. The van der Waals surface area contributed by atoms with E-state index in [1.807, 2.05) is 13.2 Å². The SMILES string of the molecule is CCCCCCCCn1ccnc1CNC. The molecule has 1 heterocycles. The van der Waals surface area contributed by atoms with Gasteiger partial charge < -0.3 is 9.88 Å². The molecule has 0 aliphatic carbocycles. The molecule has 0 unspecified atom stereocenters. The van der Waals surface area contributed by atoms with Crippen molar-refractivity contribution in [3.8, 4) is 0 Å². The average Bonchev–Trinajstić information content (AvgIpc) is 2.72. The molecular formula is C13H25N3. The number of hydrogen-bond acceptors (Lipinski definition) is 2. The maximum Gasteiger partial charge on any atom is 0.122 e. The van der Waals surface area contributed by atoms with Crippen LogP contribution in [0.25, 0.3) is 0 Å². The zero-order valence-electron chi connectivity index (χ0n) is 10.7. The van der Waals surface area contributed by atoms with Crippen molar-refractivity contribution < 1.29 is 0 Å². The lowest BCUT2D eigenvalue weighted by Gasteiger charge is -2.07. The maximum atomic E-state index is 4.33. The molecule has 0 aliphatic heterocycles. The first-order valence-electron chi connectivity index (χ1n) is 6.53. The molecule has 0 bridgehead atoms. The van der Waals surface area contributed by atoms with Crippen LogP contribution in [0.15, 0.2) is 12.4 Å². The standard InChI is InChI=1S/C13H25N3/c1-3-4-5-6-7-8-10-16-11-9-15-13(16)12-14-2/h9,11,14H,3-8,10,12H2,1-2H3. The van der Waals surface area contributed by atoms with Gasteiger partial charge in [-0.15, -0.1) is 0 Å². The van der Waals surface area contributed by atoms with E-state index in [-0.39, 0.29) is 0 Å². The molecule has 1 N–H and O–H groups in total. The van der Waals surface area contributed by atoms with E-state index in [4.69, 9.17) is 0 Å². The Morgan fingerprint density at radius 2 is 1.94 bits per heavy atom. The quantitative estimate of drug-likeness (QED) is 0.652. The molecule has 0 aromatic carbocycles. The maximum absolute atomic E-state index is 4.33. The van der Waals surface area contributed by atoms with Gasteiger partial charge in [-0.3, -0.25) is 0 Å². The van der Waals surface area contributed by atoms with Crippen LogP contribution < -0.4 is 5.32 Å². The zero-order valence-corrected chi connectivity index (χ0v) is 10.7. The fourth-order valence-electron chi connectivity index (χ4n) is 1.93. The second kappa shape index (κ2) is 8.34. The Bertz CT molecular complexity index is 268. The summed E-state index contributed by atoms with van der Waals surface area (Å²) >= 11 is 0. The Morgan fingerprint density at radius 3 is 2.69 bits per heavy atom. The van der Waals surface area contributed by atoms with Crippen molar-refractivity contribution in [1.82, 2.24) is 14.9 Å². The minimum absolute atomic E-state index is 0.864. The second-order valence-corrected chi connectivity index (χ2v) is 4.33. The van der Waals surface area contributed by atoms with Crippen molar-refractivity contribution in [3.05, 3.63) is 18.2 Å². The van der Waals surface area contributed by atoms with Gasteiger partial charge in [0.15, 0.2) is 0 Å². The van der Waals surface area contributed by atoms with Crippen LogP contribution >= 0.6 is 0 Å². The van der Waals surface area contributed by atoms with Crippen LogP contribution in [0.3, 0.4) is 0 Å². The van der Waals surface area contributed by atoms with Crippen molar-refractivity contribution in [2.24, 2.45) is 0 Å². The monoisotopic (exact) mass is 223 g/mol. The van der Waals surface area contributed by atoms with Crippen molar-refractivity contribution in [3.63, 3.8) is 0 Å². The molecule has 0 atom stereocenters. The molecule has 3 nitrogen and oxygen atoms in total. The van der Waals surface area contributed by atoms with Crippen LogP contribution in [-0.4, -0.2) is 16.6 Å². The van der Waals surface area contributed by atoms with Crippen molar-refractivity contribution >= 4 is 0 Å². The highest BCUT2D eigenvalue weighted by Crippen LogP contribution is 2.07. The molecule has 0 saturated heterocycles. The summed E-state index contributed by atoms with van der Waals surface area (Å²) in [5, 5.41) is 3.15. The van der Waals surface area contributed by atoms with E-state index in [9.17, 15) is 0 Å². The van der Waals surface area contributed by atoms with E-state index in [1.165, 1.54) is 38.5 Å². The normalized spacial score (nSPS) is 10.9. The van der Waals surface area contributed by atoms with Crippen LogP contribution in [0.5, 0.6) is 0 Å². The van der Waals surface area contributed by atoms with Crippen LogP contribution in [-0.2, 0) is 13.1 Å². The molecule has 0 radical (unpaired) electrons. The van der Waals surface area contributed by atoms with E-state index in [0.29, 0.717) is 0 Å².